The molecule has 1 heterocycles. The fourth-order valence-electron chi connectivity index (χ4n) is 2.07. The Morgan fingerprint density at radius 3 is 2.40 bits per heavy atom. The number of allylic oxidation sites excluding steroid dienone is 1. The van der Waals surface area contributed by atoms with Crippen molar-refractivity contribution in [3.63, 3.8) is 0 Å². The van der Waals surface area contributed by atoms with Crippen LogP contribution in [0.4, 0.5) is 5.82 Å². The smallest absolute Gasteiger partial charge is 0.350 e. The quantitative estimate of drug-likeness (QED) is 0.631. The van der Waals surface area contributed by atoms with Crippen LogP contribution in [0.3, 0.4) is 0 Å². The van der Waals surface area contributed by atoms with Crippen LogP contribution in [-0.2, 0) is 7.05 Å². The molecule has 1 aromatic heterocycles. The van der Waals surface area contributed by atoms with Gasteiger partial charge in [0.1, 0.15) is 0 Å². The van der Waals surface area contributed by atoms with Crippen molar-refractivity contribution in [3.05, 3.63) is 51.3 Å². The van der Waals surface area contributed by atoms with Crippen LogP contribution in [0.2, 0.25) is 0 Å². The summed E-state index contributed by atoms with van der Waals surface area (Å²) in [6, 6.07) is 7.61. The van der Waals surface area contributed by atoms with Crippen LogP contribution in [0, 0.1) is 17.0 Å². The van der Waals surface area contributed by atoms with Gasteiger partial charge in [-0.3, -0.25) is 0 Å². The van der Waals surface area contributed by atoms with Crippen LogP contribution >= 0.6 is 0 Å². The first kappa shape index (κ1) is 14.0. The zero-order valence-corrected chi connectivity index (χ0v) is 12.0. The molecular weight excluding hydrogens is 254 g/mol. The highest BCUT2D eigenvalue weighted by atomic mass is 16.6. The Morgan fingerprint density at radius 2 is 1.90 bits per heavy atom. The number of nitrogens with zero attached hydrogens (tertiary/aromatic N) is 3. The summed E-state index contributed by atoms with van der Waals surface area (Å²) >= 11 is 0. The summed E-state index contributed by atoms with van der Waals surface area (Å²) in [4.78, 5) is 15.1. The molecule has 0 radical (unpaired) electrons. The predicted octanol–water partition coefficient (Wildman–Crippen LogP) is 3.73. The minimum atomic E-state index is -0.390. The van der Waals surface area contributed by atoms with Crippen LogP contribution in [-0.4, -0.2) is 14.5 Å². The minimum absolute atomic E-state index is 0.0254. The van der Waals surface area contributed by atoms with E-state index in [1.54, 1.807) is 14.0 Å². The Hall–Kier alpha value is -2.43. The maximum Gasteiger partial charge on any atom is 0.350 e. The summed E-state index contributed by atoms with van der Waals surface area (Å²) in [6.07, 6.45) is 2.06. The monoisotopic (exact) mass is 271 g/mol. The summed E-state index contributed by atoms with van der Waals surface area (Å²) in [6.45, 7) is 5.82. The molecule has 2 rings (SSSR count). The lowest BCUT2D eigenvalue weighted by molar-refractivity contribution is -0.391. The summed E-state index contributed by atoms with van der Waals surface area (Å²) in [5.41, 5.74) is 3.45. The van der Waals surface area contributed by atoms with Gasteiger partial charge in [-0.05, 0) is 24.3 Å². The first-order chi connectivity index (χ1) is 9.40. The second kappa shape index (κ2) is 5.28. The van der Waals surface area contributed by atoms with Gasteiger partial charge in [0.05, 0.1) is 7.05 Å². The van der Waals surface area contributed by atoms with E-state index in [-0.39, 0.29) is 10.7 Å². The molecule has 5 heteroatoms. The van der Waals surface area contributed by atoms with E-state index in [4.69, 9.17) is 0 Å². The van der Waals surface area contributed by atoms with Crippen LogP contribution in [0.1, 0.15) is 25.2 Å². The SMILES string of the molecule is CC(C)=Cc1ccc(-c2nc(C)n(C)c2[N+](=O)[O-])cc1. The molecule has 0 aliphatic heterocycles. The largest absolute Gasteiger partial charge is 0.358 e. The molecule has 0 fully saturated rings. The second-order valence-corrected chi connectivity index (χ2v) is 4.99. The minimum Gasteiger partial charge on any atom is -0.358 e. The molecule has 2 aromatic rings. The van der Waals surface area contributed by atoms with Gasteiger partial charge >= 0.3 is 5.82 Å². The van der Waals surface area contributed by atoms with Gasteiger partial charge in [0, 0.05) is 12.5 Å². The van der Waals surface area contributed by atoms with Crippen molar-refractivity contribution in [2.24, 2.45) is 7.05 Å². The molecule has 104 valence electrons. The summed E-state index contributed by atoms with van der Waals surface area (Å²) in [5.74, 6) is 0.650. The molecule has 0 saturated heterocycles. The molecule has 5 nitrogen and oxygen atoms in total. The highest BCUT2D eigenvalue weighted by Gasteiger charge is 2.23. The van der Waals surface area contributed by atoms with Gasteiger partial charge in [-0.2, -0.15) is 0 Å². The molecule has 0 N–H and O–H groups in total. The van der Waals surface area contributed by atoms with Crippen LogP contribution in [0.25, 0.3) is 17.3 Å². The number of hydrogen-bond donors (Lipinski definition) is 0. The number of nitro groups is 1. The standard InChI is InChI=1S/C15H17N3O2/c1-10(2)9-12-5-7-13(8-6-12)14-15(18(19)20)17(4)11(3)16-14/h5-9H,1-4H3. The Kier molecular flexibility index (Phi) is 3.70. The van der Waals surface area contributed by atoms with E-state index in [0.29, 0.717) is 11.5 Å². The third-order valence-electron chi connectivity index (χ3n) is 3.10. The molecule has 0 spiro atoms. The van der Waals surface area contributed by atoms with Crippen molar-refractivity contribution in [2.75, 3.05) is 0 Å². The maximum absolute atomic E-state index is 11.2. The second-order valence-electron chi connectivity index (χ2n) is 4.99. The molecule has 0 saturated carbocycles. The van der Waals surface area contributed by atoms with Crippen LogP contribution < -0.4 is 0 Å². The molecule has 0 unspecified atom stereocenters. The third-order valence-corrected chi connectivity index (χ3v) is 3.10. The van der Waals surface area contributed by atoms with Crippen molar-refractivity contribution in [1.82, 2.24) is 9.55 Å². The Labute approximate surface area is 117 Å². The van der Waals surface area contributed by atoms with Gasteiger partial charge in [-0.15, -0.1) is 0 Å². The van der Waals surface area contributed by atoms with Crippen molar-refractivity contribution >= 4 is 11.9 Å². The number of benzene rings is 1. The number of aromatic nitrogens is 2. The average molecular weight is 271 g/mol. The number of rotatable bonds is 3. The summed E-state index contributed by atoms with van der Waals surface area (Å²) in [7, 11) is 1.65. The van der Waals surface area contributed by atoms with Gasteiger partial charge in [-0.25, -0.2) is 9.55 Å². The van der Waals surface area contributed by atoms with Crippen molar-refractivity contribution in [1.29, 1.82) is 0 Å². The van der Waals surface area contributed by atoms with Gasteiger partial charge < -0.3 is 10.1 Å². The fourth-order valence-corrected chi connectivity index (χ4v) is 2.07. The number of aryl methyl sites for hydroxylation is 1. The topological polar surface area (TPSA) is 61.0 Å². The van der Waals surface area contributed by atoms with Gasteiger partial charge in [-0.1, -0.05) is 35.9 Å². The molecule has 1 aromatic carbocycles. The normalized spacial score (nSPS) is 10.4. The Balaban J connectivity index is 2.50. The lowest BCUT2D eigenvalue weighted by Crippen LogP contribution is -1.99. The lowest BCUT2D eigenvalue weighted by atomic mass is 10.1. The number of imidazole rings is 1. The average Bonchev–Trinajstić information content (AvgIpc) is 2.66. The van der Waals surface area contributed by atoms with E-state index in [2.05, 4.69) is 11.1 Å². The Bertz CT molecular complexity index is 678. The molecular formula is C15H17N3O2. The molecule has 0 aliphatic rings. The van der Waals surface area contributed by atoms with E-state index >= 15 is 0 Å². The van der Waals surface area contributed by atoms with E-state index in [9.17, 15) is 10.1 Å². The van der Waals surface area contributed by atoms with Crippen molar-refractivity contribution in [3.8, 4) is 11.3 Å². The maximum atomic E-state index is 11.2. The van der Waals surface area contributed by atoms with E-state index in [0.717, 1.165) is 11.1 Å². The van der Waals surface area contributed by atoms with E-state index in [1.165, 1.54) is 10.1 Å². The van der Waals surface area contributed by atoms with Crippen molar-refractivity contribution < 1.29 is 4.92 Å². The third kappa shape index (κ3) is 2.61. The van der Waals surface area contributed by atoms with Gasteiger partial charge in [0.2, 0.25) is 0 Å². The predicted molar refractivity (Wildman–Crippen MR) is 79.4 cm³/mol. The summed E-state index contributed by atoms with van der Waals surface area (Å²) < 4.78 is 1.50. The fraction of sp³-hybridized carbons (Fsp3) is 0.267. The van der Waals surface area contributed by atoms with Crippen LogP contribution in [0.5, 0.6) is 0 Å². The van der Waals surface area contributed by atoms with Gasteiger partial charge in [0.15, 0.2) is 11.5 Å². The highest BCUT2D eigenvalue weighted by Crippen LogP contribution is 2.29. The first-order valence-corrected chi connectivity index (χ1v) is 6.33. The van der Waals surface area contributed by atoms with Crippen molar-refractivity contribution in [2.45, 2.75) is 20.8 Å². The lowest BCUT2D eigenvalue weighted by Gasteiger charge is -2.01. The Morgan fingerprint density at radius 1 is 1.30 bits per heavy atom. The highest BCUT2D eigenvalue weighted by molar-refractivity contribution is 5.69. The molecule has 20 heavy (non-hydrogen) atoms. The number of hydrogen-bond acceptors (Lipinski definition) is 3. The zero-order chi connectivity index (χ0) is 14.9. The molecule has 0 bridgehead atoms. The molecule has 0 amide bonds. The van der Waals surface area contributed by atoms with Gasteiger partial charge in [0.25, 0.3) is 0 Å². The summed E-state index contributed by atoms with van der Waals surface area (Å²) in [5, 5.41) is 11.2. The first-order valence-electron chi connectivity index (χ1n) is 6.33. The molecule has 0 aliphatic carbocycles. The van der Waals surface area contributed by atoms with E-state index in [1.807, 2.05) is 38.1 Å². The molecule has 0 atom stereocenters. The van der Waals surface area contributed by atoms with E-state index < -0.39 is 0 Å². The zero-order valence-electron chi connectivity index (χ0n) is 12.0. The van der Waals surface area contributed by atoms with Crippen LogP contribution in [0.15, 0.2) is 29.8 Å².